The van der Waals surface area contributed by atoms with Crippen LogP contribution in [0.25, 0.3) is 5.69 Å². The van der Waals surface area contributed by atoms with Crippen molar-refractivity contribution in [2.24, 2.45) is 0 Å². The molecule has 0 aliphatic carbocycles. The molecule has 84 valence electrons. The van der Waals surface area contributed by atoms with Crippen LogP contribution in [-0.4, -0.2) is 15.0 Å². The lowest BCUT2D eigenvalue weighted by molar-refractivity contribution is 0.794. The number of benzene rings is 1. The molecule has 0 saturated carbocycles. The number of nitrogens with zero attached hydrogens (tertiary/aromatic N) is 3. The molecule has 0 saturated heterocycles. The van der Waals surface area contributed by atoms with E-state index in [2.05, 4.69) is 42.2 Å². The summed E-state index contributed by atoms with van der Waals surface area (Å²) >= 11 is 12.8. The second-order valence-corrected chi connectivity index (χ2v) is 5.72. The largest absolute Gasteiger partial charge is 0.219 e. The summed E-state index contributed by atoms with van der Waals surface area (Å²) in [5.41, 5.74) is 1.69. The fraction of sp³-hybridized carbons (Fsp3) is 0.200. The number of halogens is 3. The molecule has 1 atom stereocenters. The Labute approximate surface area is 115 Å². The van der Waals surface area contributed by atoms with E-state index in [9.17, 15) is 0 Å². The van der Waals surface area contributed by atoms with Gasteiger partial charge < -0.3 is 0 Å². The van der Waals surface area contributed by atoms with E-state index in [1.54, 1.807) is 4.68 Å². The van der Waals surface area contributed by atoms with E-state index in [1.165, 1.54) is 0 Å². The minimum atomic E-state index is -0.136. The van der Waals surface area contributed by atoms with Crippen molar-refractivity contribution in [3.8, 4) is 5.69 Å². The van der Waals surface area contributed by atoms with Crippen LogP contribution in [0.1, 0.15) is 18.0 Å². The molecule has 6 heteroatoms. The summed E-state index contributed by atoms with van der Waals surface area (Å²) in [6, 6.07) is 5.86. The lowest BCUT2D eigenvalue weighted by atomic mass is 10.3. The average Bonchev–Trinajstić information content (AvgIpc) is 2.66. The molecule has 1 unspecified atom stereocenters. The van der Waals surface area contributed by atoms with Gasteiger partial charge in [0, 0.05) is 8.95 Å². The van der Waals surface area contributed by atoms with E-state index < -0.39 is 0 Å². The summed E-state index contributed by atoms with van der Waals surface area (Å²) in [6.07, 6.45) is 1.83. The van der Waals surface area contributed by atoms with Crippen LogP contribution in [0.3, 0.4) is 0 Å². The van der Waals surface area contributed by atoms with Crippen LogP contribution >= 0.6 is 43.5 Å². The highest BCUT2D eigenvalue weighted by Gasteiger charge is 2.09. The Morgan fingerprint density at radius 3 is 2.69 bits per heavy atom. The van der Waals surface area contributed by atoms with E-state index in [1.807, 2.05) is 31.3 Å². The molecule has 0 radical (unpaired) electrons. The summed E-state index contributed by atoms with van der Waals surface area (Å²) in [7, 11) is 0. The smallest absolute Gasteiger partial charge is 0.101 e. The molecule has 0 amide bonds. The van der Waals surface area contributed by atoms with Gasteiger partial charge in [-0.1, -0.05) is 21.1 Å². The van der Waals surface area contributed by atoms with Crippen molar-refractivity contribution in [3.05, 3.63) is 39.0 Å². The topological polar surface area (TPSA) is 30.7 Å². The molecule has 1 aromatic heterocycles. The van der Waals surface area contributed by atoms with Gasteiger partial charge in [0.15, 0.2) is 0 Å². The highest BCUT2D eigenvalue weighted by atomic mass is 79.9. The third-order valence-corrected chi connectivity index (χ3v) is 3.43. The van der Waals surface area contributed by atoms with Crippen molar-refractivity contribution >= 4 is 43.5 Å². The van der Waals surface area contributed by atoms with Crippen molar-refractivity contribution in [1.29, 1.82) is 0 Å². The zero-order valence-electron chi connectivity index (χ0n) is 8.36. The van der Waals surface area contributed by atoms with Crippen LogP contribution in [0.4, 0.5) is 0 Å². The Balaban J connectivity index is 2.42. The predicted octanol–water partition coefficient (Wildman–Crippen LogP) is 4.09. The summed E-state index contributed by atoms with van der Waals surface area (Å²) in [5, 5.41) is 7.90. The van der Waals surface area contributed by atoms with E-state index in [0.717, 1.165) is 20.3 Å². The molecule has 1 aromatic carbocycles. The fourth-order valence-electron chi connectivity index (χ4n) is 1.24. The maximum absolute atomic E-state index is 5.93. The molecule has 0 aliphatic heterocycles. The Hall–Kier alpha value is -0.390. The molecule has 1 heterocycles. The molecule has 0 aliphatic rings. The first-order valence-electron chi connectivity index (χ1n) is 4.59. The average molecular weight is 365 g/mol. The van der Waals surface area contributed by atoms with Crippen LogP contribution in [0.2, 0.25) is 0 Å². The highest BCUT2D eigenvalue weighted by Crippen LogP contribution is 2.25. The van der Waals surface area contributed by atoms with E-state index in [4.69, 9.17) is 11.6 Å². The maximum Gasteiger partial charge on any atom is 0.101 e. The number of alkyl halides is 1. The van der Waals surface area contributed by atoms with Gasteiger partial charge in [0.2, 0.25) is 0 Å². The van der Waals surface area contributed by atoms with Crippen molar-refractivity contribution in [1.82, 2.24) is 15.0 Å². The van der Waals surface area contributed by atoms with Crippen molar-refractivity contribution in [2.45, 2.75) is 12.3 Å². The van der Waals surface area contributed by atoms with Gasteiger partial charge in [-0.15, -0.1) is 16.7 Å². The second-order valence-electron chi connectivity index (χ2n) is 3.30. The number of rotatable bonds is 2. The fourth-order valence-corrected chi connectivity index (χ4v) is 2.57. The Morgan fingerprint density at radius 1 is 1.38 bits per heavy atom. The lowest BCUT2D eigenvalue weighted by Crippen LogP contribution is -1.95. The number of hydrogen-bond acceptors (Lipinski definition) is 2. The Morgan fingerprint density at radius 2 is 2.12 bits per heavy atom. The van der Waals surface area contributed by atoms with Crippen LogP contribution < -0.4 is 0 Å². The van der Waals surface area contributed by atoms with Crippen LogP contribution in [0.15, 0.2) is 33.3 Å². The van der Waals surface area contributed by atoms with Gasteiger partial charge in [0.25, 0.3) is 0 Å². The highest BCUT2D eigenvalue weighted by molar-refractivity contribution is 9.11. The molecule has 0 fully saturated rings. The van der Waals surface area contributed by atoms with Crippen LogP contribution in [-0.2, 0) is 0 Å². The summed E-state index contributed by atoms with van der Waals surface area (Å²) < 4.78 is 3.65. The van der Waals surface area contributed by atoms with Crippen molar-refractivity contribution in [2.75, 3.05) is 0 Å². The lowest BCUT2D eigenvalue weighted by Gasteiger charge is -2.03. The minimum absolute atomic E-state index is 0.136. The van der Waals surface area contributed by atoms with Crippen LogP contribution in [0.5, 0.6) is 0 Å². The Kier molecular flexibility index (Phi) is 3.66. The van der Waals surface area contributed by atoms with Gasteiger partial charge in [-0.25, -0.2) is 4.68 Å². The quantitative estimate of drug-likeness (QED) is 0.751. The molecule has 2 aromatic rings. The third-order valence-electron chi connectivity index (χ3n) is 2.08. The first-order chi connectivity index (χ1) is 7.58. The zero-order chi connectivity index (χ0) is 11.7. The van der Waals surface area contributed by atoms with E-state index in [-0.39, 0.29) is 5.38 Å². The predicted molar refractivity (Wildman–Crippen MR) is 71.0 cm³/mol. The van der Waals surface area contributed by atoms with E-state index in [0.29, 0.717) is 0 Å². The molecule has 2 rings (SSSR count). The van der Waals surface area contributed by atoms with Gasteiger partial charge in [0.1, 0.15) is 5.69 Å². The molecule has 0 N–H and O–H groups in total. The van der Waals surface area contributed by atoms with Crippen molar-refractivity contribution in [3.63, 3.8) is 0 Å². The summed E-state index contributed by atoms with van der Waals surface area (Å²) in [5.74, 6) is 0. The first-order valence-corrected chi connectivity index (χ1v) is 6.62. The molecular formula is C10H8Br2ClN3. The molecule has 0 spiro atoms. The van der Waals surface area contributed by atoms with Crippen LogP contribution in [0, 0.1) is 0 Å². The second kappa shape index (κ2) is 4.85. The molecule has 0 bridgehead atoms. The molecule has 16 heavy (non-hydrogen) atoms. The monoisotopic (exact) mass is 363 g/mol. The summed E-state index contributed by atoms with van der Waals surface area (Å²) in [4.78, 5) is 0. The SMILES string of the molecule is CC(Cl)c1cn(-c2ccc(Br)cc2Br)nn1. The Bertz CT molecular complexity index is 511. The standard InChI is InChI=1S/C10H8Br2ClN3/c1-6(13)9-5-16(15-14-9)10-3-2-7(11)4-8(10)12/h2-6H,1H3. The number of aromatic nitrogens is 3. The van der Waals surface area contributed by atoms with Crippen molar-refractivity contribution < 1.29 is 0 Å². The van der Waals surface area contributed by atoms with Gasteiger partial charge in [-0.2, -0.15) is 0 Å². The maximum atomic E-state index is 5.93. The minimum Gasteiger partial charge on any atom is -0.219 e. The zero-order valence-corrected chi connectivity index (χ0v) is 12.3. The number of hydrogen-bond donors (Lipinski definition) is 0. The van der Waals surface area contributed by atoms with Gasteiger partial charge in [-0.05, 0) is 41.1 Å². The first kappa shape index (κ1) is 12.1. The van der Waals surface area contributed by atoms with Gasteiger partial charge in [-0.3, -0.25) is 0 Å². The van der Waals surface area contributed by atoms with Gasteiger partial charge >= 0.3 is 0 Å². The third kappa shape index (κ3) is 2.47. The normalized spacial score (nSPS) is 12.8. The molecular weight excluding hydrogens is 357 g/mol. The molecule has 3 nitrogen and oxygen atoms in total. The van der Waals surface area contributed by atoms with Gasteiger partial charge in [0.05, 0.1) is 17.3 Å². The summed E-state index contributed by atoms with van der Waals surface area (Å²) in [6.45, 7) is 1.87. The van der Waals surface area contributed by atoms with E-state index >= 15 is 0 Å².